The molecule has 0 unspecified atom stereocenters. The first kappa shape index (κ1) is 19.3. The van der Waals surface area contributed by atoms with Gasteiger partial charge < -0.3 is 14.4 Å². The quantitative estimate of drug-likeness (QED) is 0.794. The number of aromatic nitrogens is 3. The minimum absolute atomic E-state index is 0.0974. The van der Waals surface area contributed by atoms with E-state index in [1.807, 2.05) is 0 Å². The van der Waals surface area contributed by atoms with Crippen molar-refractivity contribution in [3.8, 4) is 0 Å². The third-order valence-electron chi connectivity index (χ3n) is 4.34. The molecule has 9 nitrogen and oxygen atoms in total. The Bertz CT molecular complexity index is 902. The number of sulfonamides is 1. The van der Waals surface area contributed by atoms with Crippen molar-refractivity contribution < 1.29 is 13.2 Å². The van der Waals surface area contributed by atoms with Crippen LogP contribution >= 0.6 is 0 Å². The molecule has 1 amide bonds. The van der Waals surface area contributed by atoms with E-state index in [-0.39, 0.29) is 16.8 Å². The maximum absolute atomic E-state index is 12.9. The molecule has 27 heavy (non-hydrogen) atoms. The molecule has 146 valence electrons. The summed E-state index contributed by atoms with van der Waals surface area (Å²) in [6.45, 7) is 5.87. The smallest absolute Gasteiger partial charge is 0.270 e. The summed E-state index contributed by atoms with van der Waals surface area (Å²) in [7, 11) is -1.96. The highest BCUT2D eigenvalue weighted by Gasteiger charge is 2.27. The van der Waals surface area contributed by atoms with Crippen LogP contribution in [0.2, 0.25) is 0 Å². The molecule has 1 aliphatic heterocycles. The molecule has 2 aromatic rings. The third kappa shape index (κ3) is 4.28. The number of hydrogen-bond donors (Lipinski definition) is 1. The van der Waals surface area contributed by atoms with Gasteiger partial charge in [-0.1, -0.05) is 0 Å². The van der Waals surface area contributed by atoms with Crippen LogP contribution in [0.4, 0.5) is 5.82 Å². The Morgan fingerprint density at radius 2 is 1.89 bits per heavy atom. The molecule has 0 radical (unpaired) electrons. The minimum atomic E-state index is -3.64. The van der Waals surface area contributed by atoms with Crippen LogP contribution in [0, 0.1) is 0 Å². The van der Waals surface area contributed by atoms with Crippen LogP contribution in [0.3, 0.4) is 0 Å². The number of carbonyl (C=O) groups excluding carboxylic acids is 1. The topological polar surface area (TPSA) is 100 Å². The van der Waals surface area contributed by atoms with Gasteiger partial charge in [0.05, 0.1) is 6.20 Å². The van der Waals surface area contributed by atoms with E-state index in [1.165, 1.54) is 12.3 Å². The van der Waals surface area contributed by atoms with Crippen molar-refractivity contribution in [1.82, 2.24) is 24.2 Å². The van der Waals surface area contributed by atoms with Gasteiger partial charge >= 0.3 is 0 Å². The van der Waals surface area contributed by atoms with Crippen molar-refractivity contribution in [2.45, 2.75) is 24.8 Å². The van der Waals surface area contributed by atoms with Gasteiger partial charge in [-0.25, -0.2) is 18.1 Å². The molecule has 0 atom stereocenters. The fourth-order valence-corrected chi connectivity index (χ4v) is 4.35. The number of anilines is 1. The number of carbonyl (C=O) groups is 1. The van der Waals surface area contributed by atoms with Crippen molar-refractivity contribution >= 4 is 21.7 Å². The second kappa shape index (κ2) is 7.65. The Balaban J connectivity index is 1.70. The zero-order valence-corrected chi connectivity index (χ0v) is 16.5. The van der Waals surface area contributed by atoms with Gasteiger partial charge in [-0.15, -0.1) is 0 Å². The Hall–Kier alpha value is -2.46. The number of hydrogen-bond acceptors (Lipinski definition) is 6. The van der Waals surface area contributed by atoms with Crippen LogP contribution < -0.4 is 9.62 Å². The highest BCUT2D eigenvalue weighted by Crippen LogP contribution is 2.18. The van der Waals surface area contributed by atoms with E-state index < -0.39 is 10.0 Å². The van der Waals surface area contributed by atoms with E-state index in [0.29, 0.717) is 31.9 Å². The Morgan fingerprint density at radius 3 is 2.48 bits per heavy atom. The third-order valence-corrected chi connectivity index (χ3v) is 5.97. The molecule has 0 aromatic carbocycles. The molecule has 2 aromatic heterocycles. The molecular weight excluding hydrogens is 368 g/mol. The summed E-state index contributed by atoms with van der Waals surface area (Å²) in [4.78, 5) is 25.1. The molecule has 0 spiro atoms. The maximum atomic E-state index is 12.9. The van der Waals surface area contributed by atoms with E-state index in [2.05, 4.69) is 19.6 Å². The van der Waals surface area contributed by atoms with Gasteiger partial charge in [0, 0.05) is 57.9 Å². The van der Waals surface area contributed by atoms with E-state index in [0.717, 1.165) is 5.82 Å². The standard InChI is InChI=1S/C17H24N6O3S/c1-13(2)20-27(25,26)14-10-15(21(3)12-14)17(24)23-8-6-22(7-9-23)16-11-18-4-5-19-16/h4-5,10-13,20H,6-9H2,1-3H3. The lowest BCUT2D eigenvalue weighted by Crippen LogP contribution is -2.49. The van der Waals surface area contributed by atoms with Gasteiger partial charge in [0.1, 0.15) is 16.4 Å². The molecule has 1 N–H and O–H groups in total. The summed E-state index contributed by atoms with van der Waals surface area (Å²) in [5, 5.41) is 0. The zero-order chi connectivity index (χ0) is 19.6. The number of nitrogens with one attached hydrogen (secondary N) is 1. The molecule has 10 heteroatoms. The normalized spacial score (nSPS) is 15.4. The fourth-order valence-electron chi connectivity index (χ4n) is 3.03. The molecule has 0 saturated carbocycles. The number of nitrogens with zero attached hydrogens (tertiary/aromatic N) is 5. The molecule has 3 rings (SSSR count). The van der Waals surface area contributed by atoms with Gasteiger partial charge in [-0.05, 0) is 19.9 Å². The summed E-state index contributed by atoms with van der Waals surface area (Å²) in [5.74, 6) is 0.610. The van der Waals surface area contributed by atoms with Crippen LogP contribution in [-0.4, -0.2) is 66.0 Å². The average molecular weight is 392 g/mol. The fraction of sp³-hybridized carbons (Fsp3) is 0.471. The summed E-state index contributed by atoms with van der Waals surface area (Å²) >= 11 is 0. The summed E-state index contributed by atoms with van der Waals surface area (Å²) in [5.41, 5.74) is 0.354. The van der Waals surface area contributed by atoms with Crippen LogP contribution in [0.15, 0.2) is 35.7 Å². The molecule has 1 fully saturated rings. The Kier molecular flexibility index (Phi) is 5.47. The first-order valence-corrected chi connectivity index (χ1v) is 10.2. The van der Waals surface area contributed by atoms with Crippen LogP contribution in [0.5, 0.6) is 0 Å². The molecule has 1 aliphatic rings. The minimum Gasteiger partial charge on any atom is -0.352 e. The average Bonchev–Trinajstić information content (AvgIpc) is 3.04. The van der Waals surface area contributed by atoms with E-state index in [4.69, 9.17) is 0 Å². The van der Waals surface area contributed by atoms with E-state index in [9.17, 15) is 13.2 Å². The van der Waals surface area contributed by atoms with Crippen LogP contribution in [0.1, 0.15) is 24.3 Å². The van der Waals surface area contributed by atoms with Crippen molar-refractivity contribution in [2.24, 2.45) is 7.05 Å². The van der Waals surface area contributed by atoms with Crippen molar-refractivity contribution in [1.29, 1.82) is 0 Å². The molecule has 0 aliphatic carbocycles. The molecule has 3 heterocycles. The van der Waals surface area contributed by atoms with Gasteiger partial charge in [0.2, 0.25) is 10.0 Å². The Labute approximate surface area is 159 Å². The maximum Gasteiger partial charge on any atom is 0.270 e. The first-order chi connectivity index (χ1) is 12.8. The van der Waals surface area contributed by atoms with Crippen molar-refractivity contribution in [3.63, 3.8) is 0 Å². The van der Waals surface area contributed by atoms with E-state index >= 15 is 0 Å². The predicted octanol–water partition coefficient (Wildman–Crippen LogP) is 0.464. The van der Waals surface area contributed by atoms with Crippen LogP contribution in [-0.2, 0) is 17.1 Å². The van der Waals surface area contributed by atoms with Crippen molar-refractivity contribution in [3.05, 3.63) is 36.5 Å². The SMILES string of the molecule is CC(C)NS(=O)(=O)c1cc(C(=O)N2CCN(c3cnccn3)CC2)n(C)c1. The van der Waals surface area contributed by atoms with Gasteiger partial charge in [-0.3, -0.25) is 9.78 Å². The van der Waals surface area contributed by atoms with Gasteiger partial charge in [0.15, 0.2) is 0 Å². The molecular formula is C17H24N6O3S. The van der Waals surface area contributed by atoms with Crippen molar-refractivity contribution in [2.75, 3.05) is 31.1 Å². The lowest BCUT2D eigenvalue weighted by atomic mass is 10.2. The highest BCUT2D eigenvalue weighted by atomic mass is 32.2. The van der Waals surface area contributed by atoms with Gasteiger partial charge in [-0.2, -0.15) is 0 Å². The number of aryl methyl sites for hydroxylation is 1. The summed E-state index contributed by atoms with van der Waals surface area (Å²) < 4.78 is 28.8. The summed E-state index contributed by atoms with van der Waals surface area (Å²) in [6, 6.07) is 1.21. The first-order valence-electron chi connectivity index (χ1n) is 8.77. The largest absolute Gasteiger partial charge is 0.352 e. The second-order valence-electron chi connectivity index (χ2n) is 6.79. The number of piperazine rings is 1. The lowest BCUT2D eigenvalue weighted by molar-refractivity contribution is 0.0737. The highest BCUT2D eigenvalue weighted by molar-refractivity contribution is 7.89. The van der Waals surface area contributed by atoms with Gasteiger partial charge in [0.25, 0.3) is 5.91 Å². The monoisotopic (exact) mass is 392 g/mol. The number of rotatable bonds is 5. The van der Waals surface area contributed by atoms with Crippen LogP contribution in [0.25, 0.3) is 0 Å². The van der Waals surface area contributed by atoms with E-state index in [1.54, 1.807) is 49.0 Å². The zero-order valence-electron chi connectivity index (χ0n) is 15.7. The Morgan fingerprint density at radius 1 is 1.19 bits per heavy atom. The summed E-state index contributed by atoms with van der Waals surface area (Å²) in [6.07, 6.45) is 6.43. The molecule has 0 bridgehead atoms. The molecule has 1 saturated heterocycles. The lowest BCUT2D eigenvalue weighted by Gasteiger charge is -2.35. The number of amides is 1. The predicted molar refractivity (Wildman–Crippen MR) is 101 cm³/mol. The second-order valence-corrected chi connectivity index (χ2v) is 8.50.